The zero-order valence-electron chi connectivity index (χ0n) is 9.55. The minimum absolute atomic E-state index is 0.110. The van der Waals surface area contributed by atoms with E-state index in [0.717, 1.165) is 19.0 Å². The Hall–Kier alpha value is -0.730. The molecule has 3 nitrogen and oxygen atoms in total. The first-order valence-corrected chi connectivity index (χ1v) is 5.78. The Balaban J connectivity index is 2.22. The van der Waals surface area contributed by atoms with Crippen LogP contribution in [0.5, 0.6) is 0 Å². The van der Waals surface area contributed by atoms with Crippen LogP contribution in [-0.2, 0) is 0 Å². The molecular formula is C11H22N2O. The van der Waals surface area contributed by atoms with E-state index >= 15 is 0 Å². The molecule has 1 aliphatic carbocycles. The summed E-state index contributed by atoms with van der Waals surface area (Å²) in [7, 11) is 0. The van der Waals surface area contributed by atoms with Gasteiger partial charge in [-0.3, -0.25) is 0 Å². The molecule has 0 saturated heterocycles. The van der Waals surface area contributed by atoms with Gasteiger partial charge in [-0.2, -0.15) is 0 Å². The summed E-state index contributed by atoms with van der Waals surface area (Å²) < 4.78 is 0. The fourth-order valence-electron chi connectivity index (χ4n) is 1.87. The highest BCUT2D eigenvalue weighted by Gasteiger charge is 2.37. The zero-order valence-corrected chi connectivity index (χ0v) is 9.55. The van der Waals surface area contributed by atoms with E-state index in [1.165, 1.54) is 19.3 Å². The number of carbonyl (C=O) groups is 1. The van der Waals surface area contributed by atoms with E-state index in [4.69, 9.17) is 0 Å². The van der Waals surface area contributed by atoms with Gasteiger partial charge in [0.25, 0.3) is 0 Å². The van der Waals surface area contributed by atoms with Crippen LogP contribution < -0.4 is 5.32 Å². The van der Waals surface area contributed by atoms with Gasteiger partial charge in [0.1, 0.15) is 0 Å². The molecule has 1 N–H and O–H groups in total. The molecule has 0 aromatic carbocycles. The maximum Gasteiger partial charge on any atom is 0.317 e. The summed E-state index contributed by atoms with van der Waals surface area (Å²) in [6, 6.07) is 0.571. The molecule has 0 aliphatic heterocycles. The van der Waals surface area contributed by atoms with Crippen LogP contribution in [0.25, 0.3) is 0 Å². The van der Waals surface area contributed by atoms with Crippen LogP contribution >= 0.6 is 0 Å². The third kappa shape index (κ3) is 2.89. The highest BCUT2D eigenvalue weighted by atomic mass is 16.2. The third-order valence-electron chi connectivity index (χ3n) is 2.94. The predicted molar refractivity (Wildman–Crippen MR) is 58.3 cm³/mol. The Labute approximate surface area is 86.9 Å². The Morgan fingerprint density at radius 3 is 2.50 bits per heavy atom. The van der Waals surface area contributed by atoms with Crippen molar-refractivity contribution in [2.24, 2.45) is 5.92 Å². The van der Waals surface area contributed by atoms with Crippen molar-refractivity contribution in [3.63, 3.8) is 0 Å². The van der Waals surface area contributed by atoms with E-state index in [2.05, 4.69) is 12.2 Å². The molecule has 0 radical (unpaired) electrons. The number of nitrogens with one attached hydrogen (secondary N) is 1. The van der Waals surface area contributed by atoms with Crippen molar-refractivity contribution < 1.29 is 4.79 Å². The minimum Gasteiger partial charge on any atom is -0.335 e. The summed E-state index contributed by atoms with van der Waals surface area (Å²) in [5, 5.41) is 3.08. The second-order valence-corrected chi connectivity index (χ2v) is 4.01. The fraction of sp³-hybridized carbons (Fsp3) is 0.909. The maximum atomic E-state index is 11.6. The van der Waals surface area contributed by atoms with Crippen LogP contribution in [0, 0.1) is 5.92 Å². The highest BCUT2D eigenvalue weighted by Crippen LogP contribution is 2.34. The van der Waals surface area contributed by atoms with Gasteiger partial charge in [0.05, 0.1) is 0 Å². The molecule has 0 spiro atoms. The van der Waals surface area contributed by atoms with Crippen LogP contribution in [0.2, 0.25) is 0 Å². The summed E-state index contributed by atoms with van der Waals surface area (Å²) in [4.78, 5) is 13.5. The van der Waals surface area contributed by atoms with Crippen molar-refractivity contribution in [2.75, 3.05) is 13.1 Å². The molecule has 0 bridgehead atoms. The lowest BCUT2D eigenvalue weighted by molar-refractivity contribution is 0.202. The lowest BCUT2D eigenvalue weighted by Gasteiger charge is -2.19. The standard InChI is InChI=1S/C11H22N2O/c1-4-7-9-8-10(9)12-11(14)13(5-2)6-3/h9-10H,4-8H2,1-3H3,(H,12,14). The Kier molecular flexibility index (Phi) is 4.23. The summed E-state index contributed by atoms with van der Waals surface area (Å²) in [5.41, 5.74) is 0. The average molecular weight is 198 g/mol. The molecule has 2 atom stereocenters. The Bertz CT molecular complexity index is 190. The van der Waals surface area contributed by atoms with Crippen molar-refractivity contribution in [1.82, 2.24) is 10.2 Å². The molecule has 0 aromatic heterocycles. The van der Waals surface area contributed by atoms with Crippen LogP contribution in [-0.4, -0.2) is 30.1 Å². The zero-order chi connectivity index (χ0) is 10.6. The summed E-state index contributed by atoms with van der Waals surface area (Å²) in [6.45, 7) is 7.82. The van der Waals surface area contributed by atoms with Crippen molar-refractivity contribution in [3.8, 4) is 0 Å². The van der Waals surface area contributed by atoms with E-state index in [-0.39, 0.29) is 6.03 Å². The van der Waals surface area contributed by atoms with Crippen molar-refractivity contribution >= 4 is 6.03 Å². The quantitative estimate of drug-likeness (QED) is 0.722. The molecule has 2 unspecified atom stereocenters. The molecule has 82 valence electrons. The van der Waals surface area contributed by atoms with Gasteiger partial charge in [-0.1, -0.05) is 13.3 Å². The lowest BCUT2D eigenvalue weighted by atomic mass is 10.2. The molecule has 1 saturated carbocycles. The first kappa shape index (κ1) is 11.3. The molecule has 2 amide bonds. The number of hydrogen-bond donors (Lipinski definition) is 1. The lowest BCUT2D eigenvalue weighted by Crippen LogP contribution is -2.41. The van der Waals surface area contributed by atoms with Crippen LogP contribution in [0.4, 0.5) is 4.79 Å². The van der Waals surface area contributed by atoms with Crippen LogP contribution in [0.3, 0.4) is 0 Å². The van der Waals surface area contributed by atoms with Crippen LogP contribution in [0.15, 0.2) is 0 Å². The maximum absolute atomic E-state index is 11.6. The summed E-state index contributed by atoms with van der Waals surface area (Å²) >= 11 is 0. The topological polar surface area (TPSA) is 32.3 Å². The first-order valence-electron chi connectivity index (χ1n) is 5.78. The average Bonchev–Trinajstić information content (AvgIpc) is 2.86. The second-order valence-electron chi connectivity index (χ2n) is 4.01. The van der Waals surface area contributed by atoms with E-state index in [1.54, 1.807) is 0 Å². The molecule has 1 fully saturated rings. The number of urea groups is 1. The van der Waals surface area contributed by atoms with Gasteiger partial charge >= 0.3 is 6.03 Å². The summed E-state index contributed by atoms with van der Waals surface area (Å²) in [6.07, 6.45) is 3.66. The Morgan fingerprint density at radius 1 is 1.36 bits per heavy atom. The number of amides is 2. The van der Waals surface area contributed by atoms with Gasteiger partial charge in [0.15, 0.2) is 0 Å². The number of carbonyl (C=O) groups excluding carboxylic acids is 1. The van der Waals surface area contributed by atoms with Crippen molar-refractivity contribution in [1.29, 1.82) is 0 Å². The monoisotopic (exact) mass is 198 g/mol. The molecule has 1 aliphatic rings. The largest absolute Gasteiger partial charge is 0.335 e. The minimum atomic E-state index is 0.110. The Morgan fingerprint density at radius 2 is 2.00 bits per heavy atom. The van der Waals surface area contributed by atoms with Gasteiger partial charge < -0.3 is 10.2 Å². The number of nitrogens with zero attached hydrogens (tertiary/aromatic N) is 1. The highest BCUT2D eigenvalue weighted by molar-refractivity contribution is 5.74. The SMILES string of the molecule is CCCC1CC1NC(=O)N(CC)CC. The molecule has 14 heavy (non-hydrogen) atoms. The molecule has 0 heterocycles. The normalized spacial score (nSPS) is 24.5. The van der Waals surface area contributed by atoms with E-state index in [0.29, 0.717) is 6.04 Å². The molecule has 1 rings (SSSR count). The number of rotatable bonds is 5. The third-order valence-corrected chi connectivity index (χ3v) is 2.94. The second kappa shape index (κ2) is 5.23. The van der Waals surface area contributed by atoms with Gasteiger partial charge in [-0.25, -0.2) is 4.79 Å². The predicted octanol–water partition coefficient (Wildman–Crippen LogP) is 2.23. The first-order chi connectivity index (χ1) is 6.72. The summed E-state index contributed by atoms with van der Waals surface area (Å²) in [5.74, 6) is 0.750. The van der Waals surface area contributed by atoms with E-state index in [9.17, 15) is 4.79 Å². The van der Waals surface area contributed by atoms with Gasteiger partial charge in [-0.05, 0) is 32.6 Å². The van der Waals surface area contributed by atoms with Gasteiger partial charge in [-0.15, -0.1) is 0 Å². The van der Waals surface area contributed by atoms with Crippen LogP contribution in [0.1, 0.15) is 40.0 Å². The molecular weight excluding hydrogens is 176 g/mol. The smallest absolute Gasteiger partial charge is 0.317 e. The number of hydrogen-bond acceptors (Lipinski definition) is 1. The molecule has 3 heteroatoms. The fourth-order valence-corrected chi connectivity index (χ4v) is 1.87. The van der Waals surface area contributed by atoms with E-state index < -0.39 is 0 Å². The van der Waals surface area contributed by atoms with Gasteiger partial charge in [0.2, 0.25) is 0 Å². The van der Waals surface area contributed by atoms with Crippen molar-refractivity contribution in [3.05, 3.63) is 0 Å². The van der Waals surface area contributed by atoms with Crippen molar-refractivity contribution in [2.45, 2.75) is 46.1 Å². The van der Waals surface area contributed by atoms with Gasteiger partial charge in [0, 0.05) is 19.1 Å². The molecule has 0 aromatic rings. The van der Waals surface area contributed by atoms with E-state index in [1.807, 2.05) is 18.7 Å².